The molecule has 0 aromatic heterocycles. The van der Waals surface area contributed by atoms with Crippen molar-refractivity contribution in [1.29, 1.82) is 0 Å². The second-order valence-corrected chi connectivity index (χ2v) is 6.80. The van der Waals surface area contributed by atoms with Crippen LogP contribution < -0.4 is 5.32 Å². The van der Waals surface area contributed by atoms with Crippen LogP contribution in [0, 0.1) is 0 Å². The van der Waals surface area contributed by atoms with E-state index in [-0.39, 0.29) is 12.1 Å². The minimum atomic E-state index is -0.0852. The van der Waals surface area contributed by atoms with Crippen molar-refractivity contribution in [3.63, 3.8) is 0 Å². The van der Waals surface area contributed by atoms with E-state index < -0.39 is 0 Å². The Balaban J connectivity index is 2.03. The number of aliphatic hydroxyl groups is 1. The molecule has 18 heavy (non-hydrogen) atoms. The molecule has 2 N–H and O–H groups in total. The van der Waals surface area contributed by atoms with E-state index in [1.54, 1.807) is 0 Å². The average Bonchev–Trinajstić information content (AvgIpc) is 2.40. The molecule has 0 radical (unpaired) electrons. The monoisotopic (exact) mass is 275 g/mol. The van der Waals surface area contributed by atoms with Crippen LogP contribution in [0.2, 0.25) is 0 Å². The van der Waals surface area contributed by atoms with E-state index in [1.807, 2.05) is 0 Å². The molecule has 0 saturated carbocycles. The van der Waals surface area contributed by atoms with Crippen LogP contribution in [-0.4, -0.2) is 48.0 Å². The zero-order valence-electron chi connectivity index (χ0n) is 11.9. The van der Waals surface area contributed by atoms with Gasteiger partial charge in [0, 0.05) is 24.0 Å². The standard InChI is InChI=1S/C14H29NO2S/c1-3-15-14(2,12-16)8-4-5-11-18-13-6-9-17-10-7-13/h13,15-16H,3-12H2,1-2H3. The normalized spacial score (nSPS) is 20.8. The number of nitrogens with one attached hydrogen (secondary N) is 1. The lowest BCUT2D eigenvalue weighted by Crippen LogP contribution is -2.45. The van der Waals surface area contributed by atoms with Gasteiger partial charge >= 0.3 is 0 Å². The van der Waals surface area contributed by atoms with Gasteiger partial charge < -0.3 is 15.2 Å². The first kappa shape index (κ1) is 16.3. The van der Waals surface area contributed by atoms with E-state index in [1.165, 1.54) is 31.4 Å². The number of thioether (sulfide) groups is 1. The predicted octanol–water partition coefficient (Wildman–Crippen LogP) is 2.43. The summed E-state index contributed by atoms with van der Waals surface area (Å²) >= 11 is 2.11. The summed E-state index contributed by atoms with van der Waals surface area (Å²) in [6.45, 7) is 7.25. The quantitative estimate of drug-likeness (QED) is 0.634. The van der Waals surface area contributed by atoms with Gasteiger partial charge in [-0.25, -0.2) is 0 Å². The third kappa shape index (κ3) is 6.41. The SMILES string of the molecule is CCNC(C)(CO)CCCCSC1CCOCC1. The van der Waals surface area contributed by atoms with Crippen molar-refractivity contribution in [3.05, 3.63) is 0 Å². The maximum atomic E-state index is 9.40. The number of hydrogen-bond donors (Lipinski definition) is 2. The molecule has 1 fully saturated rings. The summed E-state index contributed by atoms with van der Waals surface area (Å²) in [4.78, 5) is 0. The van der Waals surface area contributed by atoms with Crippen LogP contribution in [-0.2, 0) is 4.74 Å². The highest BCUT2D eigenvalue weighted by atomic mass is 32.2. The van der Waals surface area contributed by atoms with Crippen molar-refractivity contribution >= 4 is 11.8 Å². The van der Waals surface area contributed by atoms with Crippen molar-refractivity contribution in [1.82, 2.24) is 5.32 Å². The highest BCUT2D eigenvalue weighted by Crippen LogP contribution is 2.23. The van der Waals surface area contributed by atoms with Crippen LogP contribution in [0.4, 0.5) is 0 Å². The number of rotatable bonds is 9. The van der Waals surface area contributed by atoms with Gasteiger partial charge in [0.1, 0.15) is 0 Å². The summed E-state index contributed by atoms with van der Waals surface area (Å²) in [6.07, 6.45) is 5.95. The van der Waals surface area contributed by atoms with Gasteiger partial charge in [0.2, 0.25) is 0 Å². The first-order valence-corrected chi connectivity index (χ1v) is 8.30. The average molecular weight is 275 g/mol. The van der Waals surface area contributed by atoms with Gasteiger partial charge in [-0.15, -0.1) is 0 Å². The topological polar surface area (TPSA) is 41.5 Å². The Labute approximate surface area is 116 Å². The Hall–Kier alpha value is 0.230. The second kappa shape index (κ2) is 9.18. The van der Waals surface area contributed by atoms with Crippen molar-refractivity contribution in [3.8, 4) is 0 Å². The molecule has 0 aromatic carbocycles. The Kier molecular flexibility index (Phi) is 8.31. The lowest BCUT2D eigenvalue weighted by molar-refractivity contribution is 0.1000. The maximum Gasteiger partial charge on any atom is 0.0610 e. The second-order valence-electron chi connectivity index (χ2n) is 5.39. The zero-order valence-corrected chi connectivity index (χ0v) is 12.7. The van der Waals surface area contributed by atoms with Gasteiger partial charge in [-0.2, -0.15) is 11.8 Å². The smallest absolute Gasteiger partial charge is 0.0610 e. The molecule has 0 bridgehead atoms. The van der Waals surface area contributed by atoms with Crippen LogP contribution in [0.3, 0.4) is 0 Å². The van der Waals surface area contributed by atoms with Crippen LogP contribution in [0.1, 0.15) is 46.0 Å². The fourth-order valence-corrected chi connectivity index (χ4v) is 3.59. The molecular weight excluding hydrogens is 246 g/mol. The number of unbranched alkanes of at least 4 members (excludes halogenated alkanes) is 1. The molecular formula is C14H29NO2S. The molecule has 0 aromatic rings. The van der Waals surface area contributed by atoms with Crippen molar-refractivity contribution in [2.45, 2.75) is 56.7 Å². The van der Waals surface area contributed by atoms with Crippen LogP contribution in [0.15, 0.2) is 0 Å². The molecule has 108 valence electrons. The third-order valence-corrected chi connectivity index (χ3v) is 5.06. The Bertz CT molecular complexity index is 210. The molecule has 1 heterocycles. The fraction of sp³-hybridized carbons (Fsp3) is 1.00. The predicted molar refractivity (Wildman–Crippen MR) is 79.3 cm³/mol. The summed E-state index contributed by atoms with van der Waals surface area (Å²) in [5.41, 5.74) is -0.0852. The van der Waals surface area contributed by atoms with Crippen molar-refractivity contribution in [2.24, 2.45) is 0 Å². The lowest BCUT2D eigenvalue weighted by Gasteiger charge is -2.28. The summed E-state index contributed by atoms with van der Waals surface area (Å²) in [5, 5.41) is 13.6. The zero-order chi connectivity index (χ0) is 13.3. The van der Waals surface area contributed by atoms with Gasteiger partial charge in [-0.05, 0) is 44.9 Å². The van der Waals surface area contributed by atoms with Gasteiger partial charge in [0.25, 0.3) is 0 Å². The van der Waals surface area contributed by atoms with Crippen molar-refractivity contribution in [2.75, 3.05) is 32.1 Å². The number of aliphatic hydroxyl groups excluding tert-OH is 1. The molecule has 1 aliphatic rings. The first-order chi connectivity index (χ1) is 8.70. The molecule has 1 saturated heterocycles. The summed E-state index contributed by atoms with van der Waals surface area (Å²) < 4.78 is 5.36. The van der Waals surface area contributed by atoms with Crippen molar-refractivity contribution < 1.29 is 9.84 Å². The summed E-state index contributed by atoms with van der Waals surface area (Å²) in [6, 6.07) is 0. The summed E-state index contributed by atoms with van der Waals surface area (Å²) in [5.74, 6) is 1.25. The number of likely N-dealkylation sites (N-methyl/N-ethyl adjacent to an activating group) is 1. The fourth-order valence-electron chi connectivity index (χ4n) is 2.36. The summed E-state index contributed by atoms with van der Waals surface area (Å²) in [7, 11) is 0. The Morgan fingerprint density at radius 3 is 2.67 bits per heavy atom. The molecule has 1 rings (SSSR count). The minimum absolute atomic E-state index is 0.0852. The lowest BCUT2D eigenvalue weighted by atomic mass is 9.96. The minimum Gasteiger partial charge on any atom is -0.394 e. The van der Waals surface area contributed by atoms with E-state index in [9.17, 15) is 5.11 Å². The largest absolute Gasteiger partial charge is 0.394 e. The molecule has 1 atom stereocenters. The van der Waals surface area contributed by atoms with Crippen LogP contribution >= 0.6 is 11.8 Å². The van der Waals surface area contributed by atoms with E-state index in [4.69, 9.17) is 4.74 Å². The van der Waals surface area contributed by atoms with Gasteiger partial charge in [-0.1, -0.05) is 13.3 Å². The van der Waals surface area contributed by atoms with E-state index >= 15 is 0 Å². The first-order valence-electron chi connectivity index (χ1n) is 7.25. The Morgan fingerprint density at radius 1 is 1.33 bits per heavy atom. The molecule has 4 heteroatoms. The molecule has 3 nitrogen and oxygen atoms in total. The van der Waals surface area contributed by atoms with Gasteiger partial charge in [-0.3, -0.25) is 0 Å². The van der Waals surface area contributed by atoms with E-state index in [0.717, 1.165) is 31.4 Å². The number of ether oxygens (including phenoxy) is 1. The van der Waals surface area contributed by atoms with Crippen LogP contribution in [0.5, 0.6) is 0 Å². The molecule has 1 aliphatic heterocycles. The molecule has 0 amide bonds. The Morgan fingerprint density at radius 2 is 2.06 bits per heavy atom. The molecule has 1 unspecified atom stereocenters. The maximum absolute atomic E-state index is 9.40. The number of hydrogen-bond acceptors (Lipinski definition) is 4. The molecule has 0 spiro atoms. The third-order valence-electron chi connectivity index (χ3n) is 3.60. The van der Waals surface area contributed by atoms with Crippen LogP contribution in [0.25, 0.3) is 0 Å². The highest BCUT2D eigenvalue weighted by molar-refractivity contribution is 7.99. The highest BCUT2D eigenvalue weighted by Gasteiger charge is 2.21. The van der Waals surface area contributed by atoms with Gasteiger partial charge in [0.05, 0.1) is 6.61 Å². The van der Waals surface area contributed by atoms with E-state index in [2.05, 4.69) is 30.9 Å². The molecule has 0 aliphatic carbocycles. The van der Waals surface area contributed by atoms with Gasteiger partial charge in [0.15, 0.2) is 0 Å². The van der Waals surface area contributed by atoms with E-state index in [0.29, 0.717) is 0 Å².